The fourth-order valence-corrected chi connectivity index (χ4v) is 2.95. The molecule has 0 amide bonds. The van der Waals surface area contributed by atoms with Gasteiger partial charge in [0, 0.05) is 11.3 Å². The van der Waals surface area contributed by atoms with Crippen molar-refractivity contribution in [2.24, 2.45) is 5.92 Å². The van der Waals surface area contributed by atoms with Crippen molar-refractivity contribution in [2.75, 3.05) is 5.75 Å². The third-order valence-electron chi connectivity index (χ3n) is 1.90. The van der Waals surface area contributed by atoms with E-state index in [9.17, 15) is 8.42 Å². The molecule has 2 nitrogen and oxygen atoms in total. The smallest absolute Gasteiger partial charge is 0.172 e. The highest BCUT2D eigenvalue weighted by Crippen LogP contribution is 2.27. The van der Waals surface area contributed by atoms with E-state index in [1.165, 1.54) is 5.41 Å². The molecule has 0 saturated heterocycles. The number of sulfone groups is 1. The standard InChI is InChI=1S/C8H8O2S/c9-11(10)5-7-3-1-2-4-8(7)6-11/h1-5,8H,6H2. The second kappa shape index (κ2) is 2.08. The molecule has 2 rings (SSSR count). The van der Waals surface area contributed by atoms with Crippen molar-refractivity contribution < 1.29 is 8.42 Å². The van der Waals surface area contributed by atoms with Gasteiger partial charge in [-0.15, -0.1) is 0 Å². The number of rotatable bonds is 0. The lowest BCUT2D eigenvalue weighted by atomic mass is 9.98. The van der Waals surface area contributed by atoms with Gasteiger partial charge >= 0.3 is 0 Å². The zero-order valence-corrected chi connectivity index (χ0v) is 6.71. The van der Waals surface area contributed by atoms with Crippen molar-refractivity contribution in [3.8, 4) is 0 Å². The Bertz CT molecular complexity index is 358. The van der Waals surface area contributed by atoms with E-state index in [0.717, 1.165) is 5.57 Å². The Morgan fingerprint density at radius 2 is 2.18 bits per heavy atom. The van der Waals surface area contributed by atoms with E-state index in [0.29, 0.717) is 0 Å². The quantitative estimate of drug-likeness (QED) is 0.541. The molecule has 11 heavy (non-hydrogen) atoms. The third-order valence-corrected chi connectivity index (χ3v) is 3.35. The average molecular weight is 168 g/mol. The molecule has 3 heteroatoms. The fraction of sp³-hybridized carbons (Fsp3) is 0.250. The van der Waals surface area contributed by atoms with Crippen LogP contribution in [0.15, 0.2) is 35.3 Å². The Kier molecular flexibility index (Phi) is 1.29. The fourth-order valence-electron chi connectivity index (χ4n) is 1.38. The molecule has 0 spiro atoms. The maximum atomic E-state index is 11.1. The molecule has 0 aromatic heterocycles. The second-order valence-corrected chi connectivity index (χ2v) is 4.69. The van der Waals surface area contributed by atoms with Gasteiger partial charge in [-0.3, -0.25) is 0 Å². The predicted octanol–water partition coefficient (Wildman–Crippen LogP) is 1.04. The van der Waals surface area contributed by atoms with Crippen molar-refractivity contribution >= 4 is 9.84 Å². The van der Waals surface area contributed by atoms with Gasteiger partial charge in [0.05, 0.1) is 5.75 Å². The zero-order chi connectivity index (χ0) is 7.90. The largest absolute Gasteiger partial charge is 0.224 e. The molecule has 0 aromatic carbocycles. The minimum Gasteiger partial charge on any atom is -0.224 e. The topological polar surface area (TPSA) is 34.1 Å². The second-order valence-electron chi connectivity index (χ2n) is 2.80. The molecule has 0 saturated carbocycles. The molecule has 0 N–H and O–H groups in total. The van der Waals surface area contributed by atoms with Crippen LogP contribution in [0.25, 0.3) is 0 Å². The van der Waals surface area contributed by atoms with Gasteiger partial charge in [-0.25, -0.2) is 8.42 Å². The molecule has 1 unspecified atom stereocenters. The molecule has 1 heterocycles. The van der Waals surface area contributed by atoms with Crippen molar-refractivity contribution in [1.82, 2.24) is 0 Å². The van der Waals surface area contributed by atoms with Crippen LogP contribution >= 0.6 is 0 Å². The maximum absolute atomic E-state index is 11.1. The van der Waals surface area contributed by atoms with Crippen LogP contribution in [0.5, 0.6) is 0 Å². The molecule has 0 aromatic rings. The summed E-state index contributed by atoms with van der Waals surface area (Å²) in [6.45, 7) is 0. The first-order valence-electron chi connectivity index (χ1n) is 3.47. The normalized spacial score (nSPS) is 31.6. The summed E-state index contributed by atoms with van der Waals surface area (Å²) in [7, 11) is -2.89. The number of hydrogen-bond donors (Lipinski definition) is 0. The molecule has 2 aliphatic rings. The van der Waals surface area contributed by atoms with E-state index in [2.05, 4.69) is 0 Å². The van der Waals surface area contributed by atoms with E-state index in [1.807, 2.05) is 24.3 Å². The number of allylic oxidation sites excluding steroid dienone is 5. The average Bonchev–Trinajstić information content (AvgIpc) is 2.21. The zero-order valence-electron chi connectivity index (χ0n) is 5.90. The number of hydrogen-bond acceptors (Lipinski definition) is 2. The summed E-state index contributed by atoms with van der Waals surface area (Å²) in [5.41, 5.74) is 0.924. The van der Waals surface area contributed by atoms with Crippen LogP contribution in [0.1, 0.15) is 0 Å². The van der Waals surface area contributed by atoms with Crippen molar-refractivity contribution in [3.63, 3.8) is 0 Å². The van der Waals surface area contributed by atoms with E-state index >= 15 is 0 Å². The van der Waals surface area contributed by atoms with E-state index in [1.54, 1.807) is 0 Å². The first-order valence-corrected chi connectivity index (χ1v) is 5.18. The third kappa shape index (κ3) is 1.16. The molecule has 1 aliphatic heterocycles. The minimum absolute atomic E-state index is 0.116. The number of fused-ring (bicyclic) bond motifs is 1. The molecule has 0 radical (unpaired) electrons. The molecule has 0 fully saturated rings. The summed E-state index contributed by atoms with van der Waals surface area (Å²) >= 11 is 0. The summed E-state index contributed by atoms with van der Waals surface area (Å²) in [6.07, 6.45) is 7.54. The van der Waals surface area contributed by atoms with Crippen LogP contribution < -0.4 is 0 Å². The van der Waals surface area contributed by atoms with E-state index < -0.39 is 9.84 Å². The summed E-state index contributed by atoms with van der Waals surface area (Å²) in [6, 6.07) is 0. The van der Waals surface area contributed by atoms with Crippen molar-refractivity contribution in [2.45, 2.75) is 0 Å². The summed E-state index contributed by atoms with van der Waals surface area (Å²) < 4.78 is 22.1. The van der Waals surface area contributed by atoms with Gasteiger partial charge in [-0.2, -0.15) is 0 Å². The Balaban J connectivity index is 2.48. The van der Waals surface area contributed by atoms with Crippen LogP contribution in [0.2, 0.25) is 0 Å². The van der Waals surface area contributed by atoms with Gasteiger partial charge in [0.1, 0.15) is 0 Å². The van der Waals surface area contributed by atoms with Crippen LogP contribution in [0, 0.1) is 5.92 Å². The SMILES string of the molecule is O=S1(=O)C=C2C=CC=CC2C1. The summed E-state index contributed by atoms with van der Waals surface area (Å²) in [5.74, 6) is 0.369. The van der Waals surface area contributed by atoms with Crippen LogP contribution in [0.4, 0.5) is 0 Å². The maximum Gasteiger partial charge on any atom is 0.172 e. The highest BCUT2D eigenvalue weighted by Gasteiger charge is 2.26. The van der Waals surface area contributed by atoms with Gasteiger partial charge in [-0.05, 0) is 5.57 Å². The molecular weight excluding hydrogens is 160 g/mol. The van der Waals surface area contributed by atoms with Gasteiger partial charge in [-0.1, -0.05) is 24.3 Å². The van der Waals surface area contributed by atoms with Crippen molar-refractivity contribution in [1.29, 1.82) is 0 Å². The monoisotopic (exact) mass is 168 g/mol. The molecular formula is C8H8O2S. The Hall–Kier alpha value is -0.830. The molecule has 1 atom stereocenters. The van der Waals surface area contributed by atoms with Gasteiger partial charge in [0.25, 0.3) is 0 Å². The molecule has 58 valence electrons. The van der Waals surface area contributed by atoms with E-state index in [-0.39, 0.29) is 11.7 Å². The summed E-state index contributed by atoms with van der Waals surface area (Å²) in [5, 5.41) is 1.37. The van der Waals surface area contributed by atoms with Crippen LogP contribution in [-0.4, -0.2) is 14.2 Å². The Labute approximate surface area is 65.8 Å². The van der Waals surface area contributed by atoms with Crippen LogP contribution in [-0.2, 0) is 9.84 Å². The molecule has 0 bridgehead atoms. The first-order chi connectivity index (χ1) is 5.17. The Morgan fingerprint density at radius 1 is 1.36 bits per heavy atom. The lowest BCUT2D eigenvalue weighted by molar-refractivity contribution is 0.603. The highest BCUT2D eigenvalue weighted by atomic mass is 32.2. The lowest BCUT2D eigenvalue weighted by Crippen LogP contribution is -2.05. The Morgan fingerprint density at radius 3 is 2.91 bits per heavy atom. The summed E-state index contributed by atoms with van der Waals surface area (Å²) in [4.78, 5) is 0. The van der Waals surface area contributed by atoms with Gasteiger partial charge < -0.3 is 0 Å². The highest BCUT2D eigenvalue weighted by molar-refractivity contribution is 7.94. The van der Waals surface area contributed by atoms with Gasteiger partial charge in [0.2, 0.25) is 0 Å². The molecule has 1 aliphatic carbocycles. The van der Waals surface area contributed by atoms with Crippen molar-refractivity contribution in [3.05, 3.63) is 35.3 Å². The van der Waals surface area contributed by atoms with Crippen LogP contribution in [0.3, 0.4) is 0 Å². The predicted molar refractivity (Wildman–Crippen MR) is 43.6 cm³/mol. The van der Waals surface area contributed by atoms with Gasteiger partial charge in [0.15, 0.2) is 9.84 Å². The lowest BCUT2D eigenvalue weighted by Gasteiger charge is -2.06. The minimum atomic E-state index is -2.89. The van der Waals surface area contributed by atoms with E-state index in [4.69, 9.17) is 0 Å². The first kappa shape index (κ1) is 6.85.